The molecule has 0 unspecified atom stereocenters. The quantitative estimate of drug-likeness (QED) is 0.939. The fraction of sp³-hybridized carbons (Fsp3) is 0.412. The van der Waals surface area contributed by atoms with E-state index in [1.54, 1.807) is 7.05 Å². The normalized spacial score (nSPS) is 16.5. The molecule has 114 valence electrons. The second-order valence-electron chi connectivity index (χ2n) is 5.80. The Kier molecular flexibility index (Phi) is 4.12. The van der Waals surface area contributed by atoms with Gasteiger partial charge < -0.3 is 9.72 Å². The van der Waals surface area contributed by atoms with Crippen molar-refractivity contribution in [3.05, 3.63) is 41.7 Å². The van der Waals surface area contributed by atoms with Crippen LogP contribution in [0.3, 0.4) is 0 Å². The number of pyridine rings is 1. The highest BCUT2D eigenvalue weighted by Crippen LogP contribution is 2.23. The molecule has 0 aliphatic carbocycles. The molecule has 1 aliphatic heterocycles. The Hall–Kier alpha value is -2.32. The zero-order chi connectivity index (χ0) is 15.5. The second kappa shape index (κ2) is 6.20. The number of carbonyl (C=O) groups excluding carboxylic acids is 1. The van der Waals surface area contributed by atoms with Crippen LogP contribution >= 0.6 is 0 Å². The van der Waals surface area contributed by atoms with Gasteiger partial charge in [0.2, 0.25) is 5.91 Å². The summed E-state index contributed by atoms with van der Waals surface area (Å²) in [7, 11) is 1.70. The molecule has 0 bridgehead atoms. The molecule has 5 nitrogen and oxygen atoms in total. The number of carbonyl (C=O) groups is 1. The van der Waals surface area contributed by atoms with Crippen LogP contribution in [0.5, 0.6) is 0 Å². The van der Waals surface area contributed by atoms with E-state index in [1.807, 2.05) is 35.0 Å². The Morgan fingerprint density at radius 3 is 2.86 bits per heavy atom. The molecule has 1 saturated heterocycles. The van der Waals surface area contributed by atoms with E-state index in [0.29, 0.717) is 0 Å². The number of rotatable bonds is 3. The van der Waals surface area contributed by atoms with Crippen molar-refractivity contribution >= 4 is 11.4 Å². The summed E-state index contributed by atoms with van der Waals surface area (Å²) in [6, 6.07) is 8.22. The van der Waals surface area contributed by atoms with Crippen LogP contribution in [-0.2, 0) is 11.3 Å². The SMILES string of the molecule is CNC(=O)C1CCN(Cc2cn3ccccc3c2C#N)CC1. The van der Waals surface area contributed by atoms with E-state index in [1.165, 1.54) is 0 Å². The lowest BCUT2D eigenvalue weighted by atomic mass is 9.95. The average molecular weight is 296 g/mol. The van der Waals surface area contributed by atoms with Gasteiger partial charge in [-0.2, -0.15) is 5.26 Å². The molecule has 0 aromatic carbocycles. The number of nitrogens with one attached hydrogen (secondary N) is 1. The third kappa shape index (κ3) is 2.70. The van der Waals surface area contributed by atoms with Crippen molar-refractivity contribution in [2.45, 2.75) is 19.4 Å². The van der Waals surface area contributed by atoms with Gasteiger partial charge in [-0.3, -0.25) is 9.69 Å². The summed E-state index contributed by atoms with van der Waals surface area (Å²) in [5.74, 6) is 0.275. The molecule has 1 aliphatic rings. The van der Waals surface area contributed by atoms with Gasteiger partial charge in [0.25, 0.3) is 0 Å². The maximum atomic E-state index is 11.7. The summed E-state index contributed by atoms with van der Waals surface area (Å²) in [6.45, 7) is 2.56. The topological polar surface area (TPSA) is 60.5 Å². The summed E-state index contributed by atoms with van der Waals surface area (Å²) in [4.78, 5) is 14.0. The van der Waals surface area contributed by atoms with Crippen LogP contribution in [0.15, 0.2) is 30.6 Å². The summed E-state index contributed by atoms with van der Waals surface area (Å²) in [5.41, 5.74) is 2.78. The summed E-state index contributed by atoms with van der Waals surface area (Å²) < 4.78 is 2.01. The first-order chi connectivity index (χ1) is 10.7. The number of nitriles is 1. The van der Waals surface area contributed by atoms with E-state index in [9.17, 15) is 10.1 Å². The van der Waals surface area contributed by atoms with Crippen LogP contribution in [0.4, 0.5) is 0 Å². The van der Waals surface area contributed by atoms with Crippen LogP contribution in [0.25, 0.3) is 5.52 Å². The largest absolute Gasteiger partial charge is 0.359 e. The number of hydrogen-bond acceptors (Lipinski definition) is 3. The Balaban J connectivity index is 1.72. The zero-order valence-electron chi connectivity index (χ0n) is 12.7. The minimum absolute atomic E-state index is 0.129. The van der Waals surface area contributed by atoms with Crippen LogP contribution in [0, 0.1) is 17.2 Å². The summed E-state index contributed by atoms with van der Waals surface area (Å²) in [5, 5.41) is 12.2. The lowest BCUT2D eigenvalue weighted by Crippen LogP contribution is -2.39. The van der Waals surface area contributed by atoms with Gasteiger partial charge in [-0.25, -0.2) is 0 Å². The van der Waals surface area contributed by atoms with E-state index >= 15 is 0 Å². The second-order valence-corrected chi connectivity index (χ2v) is 5.80. The molecule has 0 saturated carbocycles. The highest BCUT2D eigenvalue weighted by Gasteiger charge is 2.25. The molecule has 0 radical (unpaired) electrons. The van der Waals surface area contributed by atoms with Crippen molar-refractivity contribution in [2.24, 2.45) is 5.92 Å². The van der Waals surface area contributed by atoms with E-state index in [4.69, 9.17) is 0 Å². The maximum absolute atomic E-state index is 11.7. The third-order valence-corrected chi connectivity index (χ3v) is 4.47. The van der Waals surface area contributed by atoms with Crippen molar-refractivity contribution in [3.8, 4) is 6.07 Å². The van der Waals surface area contributed by atoms with E-state index in [0.717, 1.165) is 49.1 Å². The van der Waals surface area contributed by atoms with Crippen LogP contribution in [0.2, 0.25) is 0 Å². The first kappa shape index (κ1) is 14.6. The molecule has 2 aromatic heterocycles. The molecule has 1 N–H and O–H groups in total. The van der Waals surface area contributed by atoms with Gasteiger partial charge >= 0.3 is 0 Å². The number of fused-ring (bicyclic) bond motifs is 1. The molecular weight excluding hydrogens is 276 g/mol. The molecule has 3 rings (SSSR count). The van der Waals surface area contributed by atoms with Crippen LogP contribution < -0.4 is 5.32 Å². The molecule has 22 heavy (non-hydrogen) atoms. The first-order valence-electron chi connectivity index (χ1n) is 7.65. The number of amides is 1. The summed E-state index contributed by atoms with van der Waals surface area (Å²) >= 11 is 0. The number of piperidine rings is 1. The third-order valence-electron chi connectivity index (χ3n) is 4.47. The van der Waals surface area contributed by atoms with Crippen LogP contribution in [0.1, 0.15) is 24.0 Å². The summed E-state index contributed by atoms with van der Waals surface area (Å²) in [6.07, 6.45) is 5.78. The maximum Gasteiger partial charge on any atom is 0.222 e. The van der Waals surface area contributed by atoms with Crippen molar-refractivity contribution in [3.63, 3.8) is 0 Å². The molecular formula is C17H20N4O. The Labute approximate surface area is 130 Å². The van der Waals surface area contributed by atoms with Gasteiger partial charge in [0.05, 0.1) is 11.1 Å². The predicted octanol–water partition coefficient (Wildman–Crippen LogP) is 1.77. The Morgan fingerprint density at radius 2 is 2.18 bits per heavy atom. The minimum Gasteiger partial charge on any atom is -0.359 e. The molecule has 5 heteroatoms. The Morgan fingerprint density at radius 1 is 1.41 bits per heavy atom. The van der Waals surface area contributed by atoms with E-state index < -0.39 is 0 Å². The minimum atomic E-state index is 0.129. The van der Waals surface area contributed by atoms with Gasteiger partial charge in [0, 0.05) is 37.5 Å². The zero-order valence-corrected chi connectivity index (χ0v) is 12.7. The van der Waals surface area contributed by atoms with E-state index in [-0.39, 0.29) is 11.8 Å². The molecule has 1 fully saturated rings. The number of hydrogen-bond donors (Lipinski definition) is 1. The van der Waals surface area contributed by atoms with Crippen molar-refractivity contribution in [2.75, 3.05) is 20.1 Å². The molecule has 1 amide bonds. The average Bonchev–Trinajstić information content (AvgIpc) is 2.91. The number of likely N-dealkylation sites (tertiary alicyclic amines) is 1. The lowest BCUT2D eigenvalue weighted by molar-refractivity contribution is -0.125. The number of aromatic nitrogens is 1. The standard InChI is InChI=1S/C17H20N4O/c1-19-17(22)13-5-8-20(9-6-13)11-14-12-21-7-3-2-4-16(21)15(14)10-18/h2-4,7,12-13H,5-6,8-9,11H2,1H3,(H,19,22). The highest BCUT2D eigenvalue weighted by molar-refractivity contribution is 5.78. The molecule has 0 atom stereocenters. The van der Waals surface area contributed by atoms with Crippen molar-refractivity contribution in [1.82, 2.24) is 14.6 Å². The van der Waals surface area contributed by atoms with Crippen LogP contribution in [-0.4, -0.2) is 35.3 Å². The molecule has 3 heterocycles. The predicted molar refractivity (Wildman–Crippen MR) is 84.2 cm³/mol. The lowest BCUT2D eigenvalue weighted by Gasteiger charge is -2.30. The van der Waals surface area contributed by atoms with Gasteiger partial charge in [-0.05, 0) is 38.1 Å². The van der Waals surface area contributed by atoms with E-state index in [2.05, 4.69) is 16.3 Å². The fourth-order valence-electron chi connectivity index (χ4n) is 3.22. The van der Waals surface area contributed by atoms with Gasteiger partial charge in [-0.15, -0.1) is 0 Å². The van der Waals surface area contributed by atoms with Gasteiger partial charge in [0.15, 0.2) is 0 Å². The van der Waals surface area contributed by atoms with Gasteiger partial charge in [0.1, 0.15) is 6.07 Å². The highest BCUT2D eigenvalue weighted by atomic mass is 16.1. The Bertz CT molecular complexity index is 720. The monoisotopic (exact) mass is 296 g/mol. The molecule has 2 aromatic rings. The van der Waals surface area contributed by atoms with Crippen molar-refractivity contribution in [1.29, 1.82) is 5.26 Å². The van der Waals surface area contributed by atoms with Gasteiger partial charge in [-0.1, -0.05) is 6.07 Å². The van der Waals surface area contributed by atoms with Crippen molar-refractivity contribution < 1.29 is 4.79 Å². The smallest absolute Gasteiger partial charge is 0.222 e. The first-order valence-corrected chi connectivity index (χ1v) is 7.65. The fourth-order valence-corrected chi connectivity index (χ4v) is 3.22. The number of nitrogens with zero attached hydrogens (tertiary/aromatic N) is 3. The molecule has 0 spiro atoms.